The molecule has 0 saturated heterocycles. The van der Waals surface area contributed by atoms with Crippen LogP contribution in [0.2, 0.25) is 0 Å². The number of thiazole rings is 1. The molecule has 0 fully saturated rings. The second-order valence-electron chi connectivity index (χ2n) is 9.81. The van der Waals surface area contributed by atoms with E-state index in [2.05, 4.69) is 26.2 Å². The number of benzene rings is 3. The van der Waals surface area contributed by atoms with Crippen molar-refractivity contribution in [1.82, 2.24) is 4.57 Å². The molecule has 0 aliphatic carbocycles. The minimum atomic E-state index is -0.650. The zero-order valence-corrected chi connectivity index (χ0v) is 25.8. The predicted octanol–water partition coefficient (Wildman–Crippen LogP) is 4.81. The summed E-state index contributed by atoms with van der Waals surface area (Å²) in [5, 5.41) is 2.86. The van der Waals surface area contributed by atoms with Crippen LogP contribution in [0.5, 0.6) is 5.75 Å². The molecule has 0 bridgehead atoms. The fraction of sp³-hybridized carbons (Fsp3) is 0.188. The number of carbonyl (C=O) groups is 2. The quantitative estimate of drug-likeness (QED) is 0.291. The Morgan fingerprint density at radius 3 is 2.43 bits per heavy atom. The van der Waals surface area contributed by atoms with Gasteiger partial charge in [0.05, 0.1) is 34.6 Å². The van der Waals surface area contributed by atoms with E-state index >= 15 is 0 Å². The molecule has 2 heterocycles. The number of methoxy groups -OCH3 is 1. The number of nitrogens with zero attached hydrogens (tertiary/aromatic N) is 2. The first-order valence-electron chi connectivity index (χ1n) is 13.1. The third-order valence-electron chi connectivity index (χ3n) is 6.95. The van der Waals surface area contributed by atoms with E-state index in [-0.39, 0.29) is 18.1 Å². The van der Waals surface area contributed by atoms with Gasteiger partial charge in [-0.1, -0.05) is 53.8 Å². The van der Waals surface area contributed by atoms with Crippen molar-refractivity contribution in [2.45, 2.75) is 26.8 Å². The molecular weight excluding hydrogens is 618 g/mol. The molecule has 3 aromatic carbocycles. The lowest BCUT2D eigenvalue weighted by atomic mass is 9.96. The zero-order valence-electron chi connectivity index (χ0n) is 23.4. The molecule has 42 heavy (non-hydrogen) atoms. The van der Waals surface area contributed by atoms with Crippen LogP contribution >= 0.6 is 27.3 Å². The minimum Gasteiger partial charge on any atom is -0.484 e. The number of hydrogen-bond donors (Lipinski definition) is 1. The molecule has 0 radical (unpaired) electrons. The first-order valence-corrected chi connectivity index (χ1v) is 14.7. The second kappa shape index (κ2) is 12.3. The number of nitrogens with one attached hydrogen (secondary N) is 1. The van der Waals surface area contributed by atoms with Crippen molar-refractivity contribution in [3.8, 4) is 5.75 Å². The molecule has 10 heteroatoms. The van der Waals surface area contributed by atoms with Gasteiger partial charge in [-0.2, -0.15) is 0 Å². The highest BCUT2D eigenvalue weighted by molar-refractivity contribution is 9.10. The van der Waals surface area contributed by atoms with Crippen LogP contribution in [0.4, 0.5) is 5.69 Å². The average Bonchev–Trinajstić information content (AvgIpc) is 3.28. The number of hydrogen-bond acceptors (Lipinski definition) is 7. The van der Waals surface area contributed by atoms with Gasteiger partial charge < -0.3 is 14.8 Å². The molecule has 1 aromatic heterocycles. The molecule has 8 nitrogen and oxygen atoms in total. The lowest BCUT2D eigenvalue weighted by molar-refractivity contribution is -0.136. The maximum absolute atomic E-state index is 13.7. The Balaban J connectivity index is 1.37. The van der Waals surface area contributed by atoms with Crippen molar-refractivity contribution in [3.05, 3.63) is 124 Å². The summed E-state index contributed by atoms with van der Waals surface area (Å²) >= 11 is 4.74. The van der Waals surface area contributed by atoms with Gasteiger partial charge in [0.1, 0.15) is 5.75 Å². The highest BCUT2D eigenvalue weighted by Gasteiger charge is 2.32. The number of anilines is 1. The summed E-state index contributed by atoms with van der Waals surface area (Å²) in [6.07, 6.45) is 1.77. The molecular formula is C32H28BrN3O5S. The van der Waals surface area contributed by atoms with Gasteiger partial charge in [-0.05, 0) is 89.3 Å². The van der Waals surface area contributed by atoms with Crippen molar-refractivity contribution in [3.63, 3.8) is 0 Å². The van der Waals surface area contributed by atoms with Crippen molar-refractivity contribution < 1.29 is 19.1 Å². The number of aromatic nitrogens is 1. The molecule has 0 spiro atoms. The maximum atomic E-state index is 13.7. The average molecular weight is 647 g/mol. The topological polar surface area (TPSA) is 99.0 Å². The van der Waals surface area contributed by atoms with Crippen LogP contribution in [-0.2, 0) is 14.3 Å². The normalized spacial score (nSPS) is 14.7. The molecule has 1 amide bonds. The molecule has 1 unspecified atom stereocenters. The highest BCUT2D eigenvalue weighted by atomic mass is 79.9. The Hall–Kier alpha value is -4.28. The smallest absolute Gasteiger partial charge is 0.338 e. The minimum absolute atomic E-state index is 0.154. The van der Waals surface area contributed by atoms with Crippen LogP contribution in [-0.4, -0.2) is 30.2 Å². The first kappa shape index (κ1) is 29.2. The molecule has 4 aromatic rings. The SMILES string of the molecule is COC(=O)C1=C(C)N=c2s/c(=C\c3ccc(OCC(=O)Nc4cc(C)c(C)cc4Br)cc3)c(=O)n2C1c1ccccc1. The Labute approximate surface area is 254 Å². The summed E-state index contributed by atoms with van der Waals surface area (Å²) in [6.45, 7) is 5.59. The molecule has 5 rings (SSSR count). The number of aryl methyl sites for hydroxylation is 2. The van der Waals surface area contributed by atoms with Crippen LogP contribution < -0.4 is 24.9 Å². The van der Waals surface area contributed by atoms with Gasteiger partial charge in [-0.3, -0.25) is 14.2 Å². The van der Waals surface area contributed by atoms with Crippen LogP contribution in [0.1, 0.15) is 35.2 Å². The molecule has 1 aliphatic heterocycles. The Morgan fingerprint density at radius 1 is 1.05 bits per heavy atom. The summed E-state index contributed by atoms with van der Waals surface area (Å²) < 4.78 is 13.6. The summed E-state index contributed by atoms with van der Waals surface area (Å²) in [4.78, 5) is 44.0. The van der Waals surface area contributed by atoms with Crippen molar-refractivity contribution in [1.29, 1.82) is 0 Å². The van der Waals surface area contributed by atoms with E-state index in [0.717, 1.165) is 26.7 Å². The third kappa shape index (κ3) is 6.00. The number of ether oxygens (including phenoxy) is 2. The number of halogens is 1. The summed E-state index contributed by atoms with van der Waals surface area (Å²) in [5.41, 5.74) is 5.04. The molecule has 1 N–H and O–H groups in total. The Morgan fingerprint density at radius 2 is 1.74 bits per heavy atom. The number of allylic oxidation sites excluding steroid dienone is 1. The number of rotatable bonds is 7. The lowest BCUT2D eigenvalue weighted by Crippen LogP contribution is -2.39. The van der Waals surface area contributed by atoms with E-state index in [1.165, 1.54) is 18.4 Å². The van der Waals surface area contributed by atoms with Gasteiger partial charge >= 0.3 is 5.97 Å². The van der Waals surface area contributed by atoms with Crippen LogP contribution in [0.3, 0.4) is 0 Å². The maximum Gasteiger partial charge on any atom is 0.338 e. The number of fused-ring (bicyclic) bond motifs is 1. The summed E-state index contributed by atoms with van der Waals surface area (Å²) in [6, 6.07) is 19.7. The van der Waals surface area contributed by atoms with Gasteiger partial charge in [0.15, 0.2) is 11.4 Å². The number of amides is 1. The molecule has 1 atom stereocenters. The van der Waals surface area contributed by atoms with E-state index in [9.17, 15) is 14.4 Å². The standard InChI is InChI=1S/C32H28BrN3O5S/c1-18-14-24(33)25(15-19(18)2)35-27(37)17-41-23-12-10-21(11-13-23)16-26-30(38)36-29(22-8-6-5-7-9-22)28(31(39)40-4)20(3)34-32(36)42-26/h5-16,29H,17H2,1-4H3,(H,35,37)/b26-16-. The van der Waals surface area contributed by atoms with Crippen LogP contribution in [0.15, 0.2) is 92.3 Å². The molecule has 214 valence electrons. The Bertz CT molecular complexity index is 1890. The van der Waals surface area contributed by atoms with Gasteiger partial charge in [-0.15, -0.1) is 0 Å². The fourth-order valence-corrected chi connectivity index (χ4v) is 6.27. The van der Waals surface area contributed by atoms with E-state index in [1.54, 1.807) is 29.7 Å². The van der Waals surface area contributed by atoms with E-state index in [1.807, 2.05) is 68.4 Å². The summed E-state index contributed by atoms with van der Waals surface area (Å²) in [7, 11) is 1.32. The van der Waals surface area contributed by atoms with Gasteiger partial charge in [0, 0.05) is 4.47 Å². The van der Waals surface area contributed by atoms with Crippen molar-refractivity contribution in [2.75, 3.05) is 19.0 Å². The van der Waals surface area contributed by atoms with Crippen molar-refractivity contribution in [2.24, 2.45) is 4.99 Å². The number of carbonyl (C=O) groups excluding carboxylic acids is 2. The van der Waals surface area contributed by atoms with E-state index in [4.69, 9.17) is 9.47 Å². The molecule has 0 saturated carbocycles. The van der Waals surface area contributed by atoms with E-state index < -0.39 is 12.0 Å². The fourth-order valence-electron chi connectivity index (χ4n) is 4.67. The van der Waals surface area contributed by atoms with Gasteiger partial charge in [0.2, 0.25) is 0 Å². The van der Waals surface area contributed by atoms with Crippen LogP contribution in [0, 0.1) is 13.8 Å². The van der Waals surface area contributed by atoms with Gasteiger partial charge in [-0.25, -0.2) is 9.79 Å². The van der Waals surface area contributed by atoms with Gasteiger partial charge in [0.25, 0.3) is 11.5 Å². The zero-order chi connectivity index (χ0) is 30.0. The highest BCUT2D eigenvalue weighted by Crippen LogP contribution is 2.30. The first-order chi connectivity index (χ1) is 20.2. The molecule has 1 aliphatic rings. The third-order valence-corrected chi connectivity index (χ3v) is 8.59. The number of esters is 1. The second-order valence-corrected chi connectivity index (χ2v) is 11.7. The van der Waals surface area contributed by atoms with Crippen molar-refractivity contribution >= 4 is 50.9 Å². The predicted molar refractivity (Wildman–Crippen MR) is 166 cm³/mol. The Kier molecular flexibility index (Phi) is 8.56. The lowest BCUT2D eigenvalue weighted by Gasteiger charge is -2.24. The monoisotopic (exact) mass is 645 g/mol. The summed E-state index contributed by atoms with van der Waals surface area (Å²) in [5.74, 6) is -0.283. The van der Waals surface area contributed by atoms with E-state index in [0.29, 0.717) is 32.0 Å². The van der Waals surface area contributed by atoms with Crippen LogP contribution in [0.25, 0.3) is 6.08 Å². The largest absolute Gasteiger partial charge is 0.484 e.